The number of hydrogen-bond donors (Lipinski definition) is 1. The molecule has 4 heteroatoms. The summed E-state index contributed by atoms with van der Waals surface area (Å²) in [5, 5.41) is 2.34. The van der Waals surface area contributed by atoms with E-state index in [1.54, 1.807) is 0 Å². The second-order valence-corrected chi connectivity index (χ2v) is 10.5. The van der Waals surface area contributed by atoms with E-state index in [0.717, 1.165) is 25.2 Å². The van der Waals surface area contributed by atoms with E-state index in [1.165, 1.54) is 40.9 Å². The monoisotopic (exact) mass is 420 g/mol. The molecule has 0 aliphatic carbocycles. The average Bonchev–Trinajstić information content (AvgIpc) is 2.76. The molecule has 3 heterocycles. The van der Waals surface area contributed by atoms with Gasteiger partial charge in [0.25, 0.3) is 0 Å². The number of fused-ring (bicyclic) bond motifs is 2. The van der Waals surface area contributed by atoms with E-state index >= 15 is 0 Å². The van der Waals surface area contributed by atoms with E-state index in [1.807, 2.05) is 7.05 Å². The minimum atomic E-state index is -0.00859. The highest BCUT2D eigenvalue weighted by Gasteiger charge is 2.40. The highest BCUT2D eigenvalue weighted by Crippen LogP contribution is 2.41. The van der Waals surface area contributed by atoms with E-state index in [9.17, 15) is 0 Å². The summed E-state index contributed by atoms with van der Waals surface area (Å²) in [5.41, 5.74) is 10.4. The third kappa shape index (κ3) is 3.95. The Labute approximate surface area is 189 Å². The minimum absolute atomic E-state index is 0.00859. The lowest BCUT2D eigenvalue weighted by Crippen LogP contribution is -2.55. The molecule has 31 heavy (non-hydrogen) atoms. The van der Waals surface area contributed by atoms with E-state index in [0.29, 0.717) is 18.0 Å². The van der Waals surface area contributed by atoms with Crippen LogP contribution in [0, 0.1) is 0 Å². The summed E-state index contributed by atoms with van der Waals surface area (Å²) in [6.45, 7) is 15.0. The van der Waals surface area contributed by atoms with Crippen molar-refractivity contribution >= 4 is 11.5 Å². The molecule has 0 fully saturated rings. The molecule has 2 aromatic rings. The number of hydrazine groups is 1. The van der Waals surface area contributed by atoms with Crippen LogP contribution in [0.1, 0.15) is 82.7 Å². The SMILES string of the molecule is CNN1c2nc(C(C)C)ccc2CCC1C(C)(C)c1ccc2c(c1)N(C(C)C)CCC2. The maximum absolute atomic E-state index is 5.08. The zero-order valence-corrected chi connectivity index (χ0v) is 20.5. The molecule has 4 rings (SSSR count). The van der Waals surface area contributed by atoms with Gasteiger partial charge in [0.1, 0.15) is 5.82 Å². The van der Waals surface area contributed by atoms with Gasteiger partial charge in [0.15, 0.2) is 0 Å². The van der Waals surface area contributed by atoms with Gasteiger partial charge in [-0.2, -0.15) is 0 Å². The van der Waals surface area contributed by atoms with Crippen molar-refractivity contribution in [2.75, 3.05) is 23.5 Å². The first-order valence-electron chi connectivity index (χ1n) is 12.1. The van der Waals surface area contributed by atoms with Gasteiger partial charge in [-0.05, 0) is 74.3 Å². The Morgan fingerprint density at radius 1 is 1.03 bits per heavy atom. The fraction of sp³-hybridized carbons (Fsp3) is 0.593. The number of aromatic nitrogens is 1. The quantitative estimate of drug-likeness (QED) is 0.682. The highest BCUT2D eigenvalue weighted by molar-refractivity contribution is 5.60. The number of nitrogens with one attached hydrogen (secondary N) is 1. The molecule has 1 aromatic carbocycles. The van der Waals surface area contributed by atoms with Crippen molar-refractivity contribution in [3.63, 3.8) is 0 Å². The van der Waals surface area contributed by atoms with Gasteiger partial charge in [-0.1, -0.05) is 45.9 Å². The van der Waals surface area contributed by atoms with Crippen LogP contribution in [0.25, 0.3) is 0 Å². The van der Waals surface area contributed by atoms with E-state index in [4.69, 9.17) is 4.98 Å². The summed E-state index contributed by atoms with van der Waals surface area (Å²) < 4.78 is 0. The van der Waals surface area contributed by atoms with Crippen molar-refractivity contribution < 1.29 is 0 Å². The number of aryl methyl sites for hydroxylation is 2. The standard InChI is InChI=1S/C27H40N4/c1-18(2)23-14-11-21-12-15-25(31(28-7)26(21)29-23)27(5,6)22-13-10-20-9-8-16-30(19(3)4)24(20)17-22/h10-11,13-14,17-19,25,28H,8-9,12,15-16H2,1-7H3. The van der Waals surface area contributed by atoms with E-state index < -0.39 is 0 Å². The van der Waals surface area contributed by atoms with Gasteiger partial charge in [-0.15, -0.1) is 0 Å². The summed E-state index contributed by atoms with van der Waals surface area (Å²) in [6, 6.07) is 12.6. The van der Waals surface area contributed by atoms with Crippen LogP contribution in [0.2, 0.25) is 0 Å². The molecule has 0 radical (unpaired) electrons. The zero-order chi connectivity index (χ0) is 22.3. The Balaban J connectivity index is 1.72. The smallest absolute Gasteiger partial charge is 0.146 e. The van der Waals surface area contributed by atoms with Gasteiger partial charge in [0.2, 0.25) is 0 Å². The maximum atomic E-state index is 5.08. The van der Waals surface area contributed by atoms with Crippen molar-refractivity contribution in [3.05, 3.63) is 52.7 Å². The Morgan fingerprint density at radius 3 is 2.45 bits per heavy atom. The number of benzene rings is 1. The maximum Gasteiger partial charge on any atom is 0.146 e. The Morgan fingerprint density at radius 2 is 1.77 bits per heavy atom. The van der Waals surface area contributed by atoms with Crippen LogP contribution in [-0.4, -0.2) is 30.7 Å². The van der Waals surface area contributed by atoms with E-state index in [2.05, 4.69) is 87.2 Å². The van der Waals surface area contributed by atoms with Crippen molar-refractivity contribution in [2.45, 2.75) is 90.6 Å². The molecular weight excluding hydrogens is 380 g/mol. The van der Waals surface area contributed by atoms with Crippen molar-refractivity contribution in [1.29, 1.82) is 0 Å². The molecule has 1 aromatic heterocycles. The summed E-state index contributed by atoms with van der Waals surface area (Å²) in [4.78, 5) is 7.67. The number of pyridine rings is 1. The predicted molar refractivity (Wildman–Crippen MR) is 132 cm³/mol. The lowest BCUT2D eigenvalue weighted by molar-refractivity contribution is 0.332. The third-order valence-corrected chi connectivity index (χ3v) is 7.48. The van der Waals surface area contributed by atoms with Gasteiger partial charge in [-0.25, -0.2) is 10.4 Å². The summed E-state index contributed by atoms with van der Waals surface area (Å²) in [6.07, 6.45) is 4.65. The second kappa shape index (κ2) is 8.46. The molecule has 2 aliphatic heterocycles. The molecule has 4 nitrogen and oxygen atoms in total. The molecule has 0 saturated heterocycles. The van der Waals surface area contributed by atoms with Crippen LogP contribution in [0.15, 0.2) is 30.3 Å². The Hall–Kier alpha value is -2.07. The molecule has 0 bridgehead atoms. The largest absolute Gasteiger partial charge is 0.369 e. The van der Waals surface area contributed by atoms with Crippen LogP contribution in [0.4, 0.5) is 11.5 Å². The molecule has 2 aliphatic rings. The van der Waals surface area contributed by atoms with Crippen LogP contribution in [0.3, 0.4) is 0 Å². The molecule has 0 saturated carbocycles. The van der Waals surface area contributed by atoms with Crippen LogP contribution in [-0.2, 0) is 18.3 Å². The molecule has 1 N–H and O–H groups in total. The summed E-state index contributed by atoms with van der Waals surface area (Å²) in [5.74, 6) is 1.54. The highest BCUT2D eigenvalue weighted by atomic mass is 15.5. The molecule has 168 valence electrons. The number of nitrogens with zero attached hydrogens (tertiary/aromatic N) is 3. The Bertz CT molecular complexity index is 931. The van der Waals surface area contributed by atoms with Crippen LogP contribution < -0.4 is 15.3 Å². The van der Waals surface area contributed by atoms with E-state index in [-0.39, 0.29) is 5.41 Å². The van der Waals surface area contributed by atoms with Crippen LogP contribution >= 0.6 is 0 Å². The first-order valence-corrected chi connectivity index (χ1v) is 12.1. The van der Waals surface area contributed by atoms with Crippen molar-refractivity contribution in [1.82, 2.24) is 10.4 Å². The third-order valence-electron chi connectivity index (χ3n) is 7.48. The zero-order valence-electron chi connectivity index (χ0n) is 20.5. The normalized spacial score (nSPS) is 19.1. The topological polar surface area (TPSA) is 31.4 Å². The number of hydrogen-bond acceptors (Lipinski definition) is 4. The first-order chi connectivity index (χ1) is 14.7. The fourth-order valence-corrected chi connectivity index (χ4v) is 5.46. The predicted octanol–water partition coefficient (Wildman–Crippen LogP) is 5.60. The number of anilines is 2. The number of rotatable bonds is 5. The minimum Gasteiger partial charge on any atom is -0.369 e. The van der Waals surface area contributed by atoms with Gasteiger partial charge >= 0.3 is 0 Å². The summed E-state index contributed by atoms with van der Waals surface area (Å²) in [7, 11) is 2.04. The molecule has 1 atom stereocenters. The van der Waals surface area contributed by atoms with Gasteiger partial charge in [0.05, 0.1) is 6.04 Å². The van der Waals surface area contributed by atoms with Gasteiger partial charge in [-0.3, -0.25) is 5.01 Å². The molecule has 0 spiro atoms. The lowest BCUT2D eigenvalue weighted by Gasteiger charge is -2.46. The van der Waals surface area contributed by atoms with Gasteiger partial charge in [0, 0.05) is 36.4 Å². The average molecular weight is 421 g/mol. The molecular formula is C27H40N4. The fourth-order valence-electron chi connectivity index (χ4n) is 5.46. The first kappa shape index (κ1) is 22.1. The Kier molecular flexibility index (Phi) is 6.04. The van der Waals surface area contributed by atoms with Crippen molar-refractivity contribution in [3.8, 4) is 0 Å². The van der Waals surface area contributed by atoms with Crippen LogP contribution in [0.5, 0.6) is 0 Å². The lowest BCUT2D eigenvalue weighted by atomic mass is 9.73. The molecule has 0 amide bonds. The van der Waals surface area contributed by atoms with Gasteiger partial charge < -0.3 is 4.90 Å². The van der Waals surface area contributed by atoms with Crippen molar-refractivity contribution in [2.24, 2.45) is 0 Å². The molecule has 1 unspecified atom stereocenters. The summed E-state index contributed by atoms with van der Waals surface area (Å²) >= 11 is 0. The second-order valence-electron chi connectivity index (χ2n) is 10.5.